The van der Waals surface area contributed by atoms with Crippen LogP contribution in [0.25, 0.3) is 0 Å². The molecule has 1 aliphatic rings. The van der Waals surface area contributed by atoms with Gasteiger partial charge in [-0.2, -0.15) is 9.97 Å². The summed E-state index contributed by atoms with van der Waals surface area (Å²) in [5.74, 6) is 4.06. The molecule has 0 unspecified atom stereocenters. The van der Waals surface area contributed by atoms with Crippen molar-refractivity contribution in [1.82, 2.24) is 9.97 Å². The van der Waals surface area contributed by atoms with E-state index < -0.39 is 12.5 Å². The van der Waals surface area contributed by atoms with Gasteiger partial charge in [0.2, 0.25) is 0 Å². The van der Waals surface area contributed by atoms with Crippen molar-refractivity contribution in [2.24, 2.45) is 11.8 Å². The molecule has 10 heteroatoms. The number of rotatable bonds is 7. The van der Waals surface area contributed by atoms with E-state index in [1.165, 1.54) is 9.91 Å². The SMILES string of the molecule is CC(C)COc1nc(N(N)Cc2ccccc2Cl)c(N)c(N2CCC(F)(F)C2)n1. The number of nitrogen functional groups attached to an aromatic ring is 1. The van der Waals surface area contributed by atoms with Crippen molar-refractivity contribution in [2.45, 2.75) is 32.7 Å². The van der Waals surface area contributed by atoms with Crippen LogP contribution < -0.4 is 26.2 Å². The number of benzene rings is 1. The summed E-state index contributed by atoms with van der Waals surface area (Å²) in [5.41, 5.74) is 7.14. The lowest BCUT2D eigenvalue weighted by molar-refractivity contribution is 0.0256. The van der Waals surface area contributed by atoms with Gasteiger partial charge < -0.3 is 15.4 Å². The quantitative estimate of drug-likeness (QED) is 0.517. The normalized spacial score (nSPS) is 15.8. The number of hydrazine groups is 1. The molecule has 1 aromatic heterocycles. The Kier molecular flexibility index (Phi) is 6.28. The first-order chi connectivity index (χ1) is 13.7. The molecule has 3 rings (SSSR count). The number of hydrogen-bond donors (Lipinski definition) is 2. The molecule has 1 aliphatic heterocycles. The lowest BCUT2D eigenvalue weighted by Crippen LogP contribution is -2.33. The van der Waals surface area contributed by atoms with Gasteiger partial charge in [-0.15, -0.1) is 0 Å². The molecule has 0 amide bonds. The molecular formula is C19H25ClF2N6O. The van der Waals surface area contributed by atoms with Crippen molar-refractivity contribution in [3.63, 3.8) is 0 Å². The fourth-order valence-corrected chi connectivity index (χ4v) is 3.19. The third-order valence-corrected chi connectivity index (χ3v) is 4.84. The van der Waals surface area contributed by atoms with Crippen LogP contribution in [0.15, 0.2) is 24.3 Å². The van der Waals surface area contributed by atoms with Gasteiger partial charge in [-0.05, 0) is 17.5 Å². The first-order valence-corrected chi connectivity index (χ1v) is 9.73. The monoisotopic (exact) mass is 426 g/mol. The van der Waals surface area contributed by atoms with Gasteiger partial charge in [0.15, 0.2) is 11.6 Å². The Morgan fingerprint density at radius 1 is 1.31 bits per heavy atom. The van der Waals surface area contributed by atoms with Crippen LogP contribution in [0, 0.1) is 5.92 Å². The minimum Gasteiger partial charge on any atom is -0.463 e. The molecule has 1 aromatic carbocycles. The van der Waals surface area contributed by atoms with Gasteiger partial charge in [-0.1, -0.05) is 43.6 Å². The second-order valence-corrected chi connectivity index (χ2v) is 7.93. The zero-order valence-electron chi connectivity index (χ0n) is 16.4. The molecule has 158 valence electrons. The number of halogens is 3. The first-order valence-electron chi connectivity index (χ1n) is 9.35. The number of nitrogens with two attached hydrogens (primary N) is 2. The first kappa shape index (κ1) is 21.3. The minimum atomic E-state index is -2.80. The lowest BCUT2D eigenvalue weighted by Gasteiger charge is -2.25. The van der Waals surface area contributed by atoms with Crippen molar-refractivity contribution < 1.29 is 13.5 Å². The maximum absolute atomic E-state index is 13.8. The summed E-state index contributed by atoms with van der Waals surface area (Å²) in [6.45, 7) is 4.21. The molecule has 0 bridgehead atoms. The average Bonchev–Trinajstić information content (AvgIpc) is 3.02. The molecule has 2 heterocycles. The smallest absolute Gasteiger partial charge is 0.320 e. The van der Waals surface area contributed by atoms with E-state index in [4.69, 9.17) is 27.9 Å². The number of nitrogens with zero attached hydrogens (tertiary/aromatic N) is 4. The van der Waals surface area contributed by atoms with Crippen molar-refractivity contribution in [3.8, 4) is 6.01 Å². The summed E-state index contributed by atoms with van der Waals surface area (Å²) in [7, 11) is 0. The highest BCUT2D eigenvalue weighted by Gasteiger charge is 2.40. The molecule has 4 N–H and O–H groups in total. The Balaban J connectivity index is 1.94. The number of aromatic nitrogens is 2. The van der Waals surface area contributed by atoms with Gasteiger partial charge in [0, 0.05) is 18.0 Å². The molecule has 2 aromatic rings. The van der Waals surface area contributed by atoms with Gasteiger partial charge >= 0.3 is 6.01 Å². The number of hydrogen-bond acceptors (Lipinski definition) is 7. The summed E-state index contributed by atoms with van der Waals surface area (Å²) < 4.78 is 33.1. The maximum Gasteiger partial charge on any atom is 0.320 e. The number of ether oxygens (including phenoxy) is 1. The van der Waals surface area contributed by atoms with E-state index >= 15 is 0 Å². The Labute approximate surface area is 173 Å². The number of alkyl halides is 2. The van der Waals surface area contributed by atoms with E-state index in [0.717, 1.165) is 5.56 Å². The van der Waals surface area contributed by atoms with Crippen LogP contribution in [0.1, 0.15) is 25.8 Å². The Bertz CT molecular complexity index is 867. The second-order valence-electron chi connectivity index (χ2n) is 7.52. The van der Waals surface area contributed by atoms with Gasteiger partial charge in [-0.25, -0.2) is 14.6 Å². The average molecular weight is 427 g/mol. The van der Waals surface area contributed by atoms with E-state index in [1.807, 2.05) is 32.0 Å². The van der Waals surface area contributed by atoms with E-state index in [1.54, 1.807) is 6.07 Å². The highest BCUT2D eigenvalue weighted by Crippen LogP contribution is 2.37. The van der Waals surface area contributed by atoms with Crippen LogP contribution in [0.2, 0.25) is 5.02 Å². The number of anilines is 3. The van der Waals surface area contributed by atoms with Gasteiger partial charge in [0.1, 0.15) is 5.69 Å². The zero-order chi connectivity index (χ0) is 21.2. The van der Waals surface area contributed by atoms with Crippen LogP contribution in [0.4, 0.5) is 26.1 Å². The second kappa shape index (κ2) is 8.54. The van der Waals surface area contributed by atoms with Crippen molar-refractivity contribution in [1.29, 1.82) is 0 Å². The van der Waals surface area contributed by atoms with Crippen LogP contribution >= 0.6 is 11.6 Å². The molecular weight excluding hydrogens is 402 g/mol. The molecule has 1 fully saturated rings. The highest BCUT2D eigenvalue weighted by molar-refractivity contribution is 6.31. The Morgan fingerprint density at radius 2 is 2.03 bits per heavy atom. The lowest BCUT2D eigenvalue weighted by atomic mass is 10.2. The maximum atomic E-state index is 13.8. The summed E-state index contributed by atoms with van der Waals surface area (Å²) in [4.78, 5) is 10.0. The van der Waals surface area contributed by atoms with Crippen molar-refractivity contribution in [3.05, 3.63) is 34.9 Å². The molecule has 0 radical (unpaired) electrons. The summed E-state index contributed by atoms with van der Waals surface area (Å²) in [6, 6.07) is 7.28. The molecule has 0 atom stereocenters. The molecule has 1 saturated heterocycles. The van der Waals surface area contributed by atoms with Crippen LogP contribution in [0.3, 0.4) is 0 Å². The van der Waals surface area contributed by atoms with Crippen LogP contribution in [-0.2, 0) is 6.54 Å². The summed E-state index contributed by atoms with van der Waals surface area (Å²) in [6.07, 6.45) is -0.264. The molecule has 0 aliphatic carbocycles. The molecule has 0 spiro atoms. The Hall–Kier alpha value is -2.39. The van der Waals surface area contributed by atoms with Crippen molar-refractivity contribution in [2.75, 3.05) is 35.3 Å². The minimum absolute atomic E-state index is 0.0442. The standard InChI is InChI=1S/C19H25ClF2N6O/c1-12(2)10-29-18-25-16(27-8-7-19(21,22)11-27)15(23)17(26-18)28(24)9-13-5-3-4-6-14(13)20/h3-6,12H,7-11,23-24H2,1-2H3. The molecule has 29 heavy (non-hydrogen) atoms. The third kappa shape index (κ3) is 5.16. The fraction of sp³-hybridized carbons (Fsp3) is 0.474. The van der Waals surface area contributed by atoms with Gasteiger partial charge in [0.25, 0.3) is 5.92 Å². The highest BCUT2D eigenvalue weighted by atomic mass is 35.5. The summed E-state index contributed by atoms with van der Waals surface area (Å²) >= 11 is 6.22. The van der Waals surface area contributed by atoms with E-state index in [0.29, 0.717) is 11.6 Å². The third-order valence-electron chi connectivity index (χ3n) is 4.47. The molecule has 7 nitrogen and oxygen atoms in total. The zero-order valence-corrected chi connectivity index (χ0v) is 17.2. The van der Waals surface area contributed by atoms with Gasteiger partial charge in [0.05, 0.1) is 19.7 Å². The molecule has 0 saturated carbocycles. The largest absolute Gasteiger partial charge is 0.463 e. The Morgan fingerprint density at radius 3 is 2.66 bits per heavy atom. The predicted molar refractivity (Wildman–Crippen MR) is 110 cm³/mol. The predicted octanol–water partition coefficient (Wildman–Crippen LogP) is 3.47. The van der Waals surface area contributed by atoms with Crippen LogP contribution in [-0.4, -0.2) is 35.6 Å². The van der Waals surface area contributed by atoms with E-state index in [-0.39, 0.29) is 48.8 Å². The van der Waals surface area contributed by atoms with Crippen molar-refractivity contribution >= 4 is 28.9 Å². The van der Waals surface area contributed by atoms with E-state index in [9.17, 15) is 8.78 Å². The topological polar surface area (TPSA) is 93.5 Å². The summed E-state index contributed by atoms with van der Waals surface area (Å²) in [5, 5.41) is 1.87. The van der Waals surface area contributed by atoms with Crippen LogP contribution in [0.5, 0.6) is 6.01 Å². The fourth-order valence-electron chi connectivity index (χ4n) is 2.99. The van der Waals surface area contributed by atoms with Gasteiger partial charge in [-0.3, -0.25) is 5.01 Å². The van der Waals surface area contributed by atoms with E-state index in [2.05, 4.69) is 9.97 Å².